The Hall–Kier alpha value is -1.73. The van der Waals surface area contributed by atoms with Gasteiger partial charge in [0.05, 0.1) is 6.10 Å². The van der Waals surface area contributed by atoms with Crippen molar-refractivity contribution in [2.75, 3.05) is 38.2 Å². The first-order valence-corrected chi connectivity index (χ1v) is 10.6. The molecule has 1 N–H and O–H groups in total. The molecule has 0 unspecified atom stereocenters. The zero-order valence-corrected chi connectivity index (χ0v) is 17.1. The molecule has 2 atom stereocenters. The first-order valence-electron chi connectivity index (χ1n) is 10.6. The van der Waals surface area contributed by atoms with Crippen LogP contribution in [0.15, 0.2) is 12.4 Å². The van der Waals surface area contributed by atoms with E-state index in [0.717, 1.165) is 25.6 Å². The first kappa shape index (κ1) is 21.0. The van der Waals surface area contributed by atoms with Crippen LogP contribution in [0.2, 0.25) is 0 Å². The minimum absolute atomic E-state index is 0.250. The third-order valence-electron chi connectivity index (χ3n) is 6.53. The van der Waals surface area contributed by atoms with E-state index in [9.17, 15) is 0 Å². The van der Waals surface area contributed by atoms with E-state index < -0.39 is 0 Å². The van der Waals surface area contributed by atoms with Crippen LogP contribution in [-0.4, -0.2) is 65.8 Å². The lowest BCUT2D eigenvalue weighted by Crippen LogP contribution is -2.47. The van der Waals surface area contributed by atoms with Crippen molar-refractivity contribution in [1.29, 1.82) is 0 Å². The van der Waals surface area contributed by atoms with Crippen molar-refractivity contribution in [2.45, 2.75) is 64.0 Å². The summed E-state index contributed by atoms with van der Waals surface area (Å²) in [5.41, 5.74) is 1.63. The molecule has 1 spiro atoms. The molecule has 0 bridgehead atoms. The molecule has 0 amide bonds. The quantitative estimate of drug-likeness (QED) is 0.792. The minimum Gasteiger partial charge on any atom is -0.483 e. The van der Waals surface area contributed by atoms with Gasteiger partial charge in [0.25, 0.3) is 6.47 Å². The fourth-order valence-electron chi connectivity index (χ4n) is 5.28. The van der Waals surface area contributed by atoms with E-state index in [1.54, 1.807) is 0 Å². The molecule has 3 heterocycles. The van der Waals surface area contributed by atoms with Crippen LogP contribution in [0.5, 0.6) is 0 Å². The lowest BCUT2D eigenvalue weighted by atomic mass is 9.76. The number of carbonyl (C=O) groups is 1. The number of carboxylic acid groups (broad SMARTS) is 1. The Morgan fingerprint density at radius 2 is 1.82 bits per heavy atom. The van der Waals surface area contributed by atoms with E-state index in [0.29, 0.717) is 11.5 Å². The SMILES string of the molecule is CO[C@@H]1CCC[C@@]12CCCN(Cc1cnc(N3CCCCC3)nc1)C2.O=CO. The Kier molecular flexibility index (Phi) is 7.62. The predicted octanol–water partition coefficient (Wildman–Crippen LogP) is 2.95. The fourth-order valence-corrected chi connectivity index (χ4v) is 5.28. The lowest BCUT2D eigenvalue weighted by molar-refractivity contribution is -0.122. The molecule has 1 aromatic rings. The Balaban J connectivity index is 0.000000706. The van der Waals surface area contributed by atoms with Crippen molar-refractivity contribution >= 4 is 12.4 Å². The standard InChI is InChI=1S/C20H32N4O.CH2O2/c1-25-18-7-5-8-20(18)9-6-10-23(16-20)15-17-13-21-19(22-14-17)24-11-3-2-4-12-24;2-1-3/h13-14,18H,2-12,15-16H2,1H3;1H,(H,2,3)/t18-,20+;/m1./s1. The molecule has 3 fully saturated rings. The van der Waals surface area contributed by atoms with Gasteiger partial charge >= 0.3 is 0 Å². The van der Waals surface area contributed by atoms with Gasteiger partial charge in [-0.3, -0.25) is 9.69 Å². The van der Waals surface area contributed by atoms with Gasteiger partial charge in [0.1, 0.15) is 0 Å². The maximum Gasteiger partial charge on any atom is 0.290 e. The number of piperidine rings is 2. The van der Waals surface area contributed by atoms with Gasteiger partial charge in [0.2, 0.25) is 5.95 Å². The van der Waals surface area contributed by atoms with Crippen LogP contribution < -0.4 is 4.90 Å². The second-order valence-corrected chi connectivity index (χ2v) is 8.34. The number of nitrogens with zero attached hydrogens (tertiary/aromatic N) is 4. The molecule has 0 aromatic carbocycles. The summed E-state index contributed by atoms with van der Waals surface area (Å²) in [5, 5.41) is 6.89. The van der Waals surface area contributed by atoms with Crippen molar-refractivity contribution in [2.24, 2.45) is 5.41 Å². The van der Waals surface area contributed by atoms with E-state index >= 15 is 0 Å². The zero-order chi connectivity index (χ0) is 19.8. The number of likely N-dealkylation sites (tertiary alicyclic amines) is 1. The van der Waals surface area contributed by atoms with Crippen LogP contribution in [0.25, 0.3) is 0 Å². The lowest BCUT2D eigenvalue weighted by Gasteiger charge is -2.43. The monoisotopic (exact) mass is 390 g/mol. The van der Waals surface area contributed by atoms with E-state index in [1.165, 1.54) is 70.0 Å². The summed E-state index contributed by atoms with van der Waals surface area (Å²) >= 11 is 0. The van der Waals surface area contributed by atoms with Crippen molar-refractivity contribution in [3.63, 3.8) is 0 Å². The van der Waals surface area contributed by atoms with E-state index in [1.807, 2.05) is 19.5 Å². The normalized spacial score (nSPS) is 28.0. The van der Waals surface area contributed by atoms with Gasteiger partial charge in [-0.2, -0.15) is 0 Å². The summed E-state index contributed by atoms with van der Waals surface area (Å²) < 4.78 is 5.83. The zero-order valence-electron chi connectivity index (χ0n) is 17.1. The highest BCUT2D eigenvalue weighted by Gasteiger charge is 2.45. The second kappa shape index (κ2) is 10.2. The van der Waals surface area contributed by atoms with Gasteiger partial charge < -0.3 is 14.7 Å². The second-order valence-electron chi connectivity index (χ2n) is 8.34. The number of rotatable bonds is 4. The summed E-state index contributed by atoms with van der Waals surface area (Å²) in [5.74, 6) is 0.911. The molecule has 28 heavy (non-hydrogen) atoms. The summed E-state index contributed by atoms with van der Waals surface area (Å²) in [6.07, 6.45) is 14.9. The average molecular weight is 391 g/mol. The highest BCUT2D eigenvalue weighted by Crippen LogP contribution is 2.46. The number of methoxy groups -OCH3 is 1. The maximum absolute atomic E-state index is 8.36. The Labute approximate surface area is 168 Å². The number of aromatic nitrogens is 2. The smallest absolute Gasteiger partial charge is 0.290 e. The summed E-state index contributed by atoms with van der Waals surface area (Å²) in [4.78, 5) is 22.6. The van der Waals surface area contributed by atoms with Crippen LogP contribution in [0.4, 0.5) is 5.95 Å². The largest absolute Gasteiger partial charge is 0.483 e. The molecule has 0 radical (unpaired) electrons. The van der Waals surface area contributed by atoms with Gasteiger partial charge in [-0.15, -0.1) is 0 Å². The molecule has 2 saturated heterocycles. The maximum atomic E-state index is 8.36. The van der Waals surface area contributed by atoms with Gasteiger partial charge in [-0.1, -0.05) is 6.42 Å². The van der Waals surface area contributed by atoms with E-state index in [2.05, 4.69) is 19.8 Å². The summed E-state index contributed by atoms with van der Waals surface area (Å²) in [7, 11) is 1.89. The van der Waals surface area contributed by atoms with Crippen LogP contribution >= 0.6 is 0 Å². The predicted molar refractivity (Wildman–Crippen MR) is 108 cm³/mol. The summed E-state index contributed by atoms with van der Waals surface area (Å²) in [6, 6.07) is 0. The third kappa shape index (κ3) is 5.00. The highest BCUT2D eigenvalue weighted by molar-refractivity contribution is 5.32. The molecule has 2 aliphatic heterocycles. The van der Waals surface area contributed by atoms with Crippen molar-refractivity contribution in [3.05, 3.63) is 18.0 Å². The fraction of sp³-hybridized carbons (Fsp3) is 0.762. The third-order valence-corrected chi connectivity index (χ3v) is 6.53. The van der Waals surface area contributed by atoms with E-state index in [-0.39, 0.29) is 6.47 Å². The van der Waals surface area contributed by atoms with Crippen LogP contribution in [0.3, 0.4) is 0 Å². The molecule has 7 nitrogen and oxygen atoms in total. The van der Waals surface area contributed by atoms with Crippen molar-refractivity contribution in [3.8, 4) is 0 Å². The number of hydrogen-bond acceptors (Lipinski definition) is 6. The topological polar surface area (TPSA) is 78.8 Å². The Morgan fingerprint density at radius 3 is 2.50 bits per heavy atom. The highest BCUT2D eigenvalue weighted by atomic mass is 16.5. The molecule has 4 rings (SSSR count). The minimum atomic E-state index is -0.250. The van der Waals surface area contributed by atoms with Crippen LogP contribution in [0.1, 0.15) is 56.9 Å². The molecule has 7 heteroatoms. The average Bonchev–Trinajstić information content (AvgIpc) is 3.11. The van der Waals surface area contributed by atoms with Gasteiger partial charge in [0.15, 0.2) is 0 Å². The van der Waals surface area contributed by atoms with Crippen molar-refractivity contribution in [1.82, 2.24) is 14.9 Å². The first-order chi connectivity index (χ1) is 13.7. The van der Waals surface area contributed by atoms with Crippen molar-refractivity contribution < 1.29 is 14.6 Å². The number of ether oxygens (including phenoxy) is 1. The molecular weight excluding hydrogens is 356 g/mol. The van der Waals surface area contributed by atoms with Gasteiger partial charge in [0, 0.05) is 56.7 Å². The van der Waals surface area contributed by atoms with Crippen LogP contribution in [0, 0.1) is 5.41 Å². The molecule has 1 saturated carbocycles. The molecule has 156 valence electrons. The van der Waals surface area contributed by atoms with Crippen LogP contribution in [-0.2, 0) is 16.1 Å². The van der Waals surface area contributed by atoms with E-state index in [4.69, 9.17) is 14.6 Å². The van der Waals surface area contributed by atoms with Gasteiger partial charge in [-0.05, 0) is 51.5 Å². The number of hydrogen-bond donors (Lipinski definition) is 1. The molecule has 3 aliphatic rings. The Morgan fingerprint density at radius 1 is 1.14 bits per heavy atom. The molecular formula is C21H34N4O3. The summed E-state index contributed by atoms with van der Waals surface area (Å²) in [6.45, 7) is 5.28. The molecule has 1 aliphatic carbocycles. The molecule has 1 aromatic heterocycles. The number of anilines is 1. The van der Waals surface area contributed by atoms with Gasteiger partial charge in [-0.25, -0.2) is 9.97 Å². The Bertz CT molecular complexity index is 606.